The van der Waals surface area contributed by atoms with Crippen LogP contribution < -0.4 is 16.1 Å². The van der Waals surface area contributed by atoms with Crippen LogP contribution in [-0.4, -0.2) is 48.5 Å². The molecule has 0 saturated carbocycles. The number of pyridine rings is 1. The molecule has 0 spiro atoms. The summed E-state index contributed by atoms with van der Waals surface area (Å²) in [5.74, 6) is -0.180. The predicted molar refractivity (Wildman–Crippen MR) is 90.2 cm³/mol. The van der Waals surface area contributed by atoms with Crippen molar-refractivity contribution >= 4 is 24.3 Å². The summed E-state index contributed by atoms with van der Waals surface area (Å²) in [6.07, 6.45) is 1.13. The Hall–Kier alpha value is -1.67. The lowest BCUT2D eigenvalue weighted by atomic mass is 9.79. The van der Waals surface area contributed by atoms with E-state index in [9.17, 15) is 9.18 Å². The minimum atomic E-state index is -0.907. The number of hydrogen-bond acceptors (Lipinski definition) is 5. The standard InChI is InChI=1S/C16H23BFN3O3/c1-15(2)16(3,4)24-17(23-15)10-7-12(13(19)22)14(20-8-10)21-6-5-11(18)9-21/h7-8,11H,5-6,9H2,1-4H3,(H2,19,22). The van der Waals surface area contributed by atoms with Crippen LogP contribution in [0.5, 0.6) is 0 Å². The first-order valence-electron chi connectivity index (χ1n) is 8.15. The molecule has 1 unspecified atom stereocenters. The largest absolute Gasteiger partial charge is 0.496 e. The summed E-state index contributed by atoms with van der Waals surface area (Å²) in [5.41, 5.74) is 5.42. The molecule has 3 rings (SSSR count). The van der Waals surface area contributed by atoms with Crippen LogP contribution in [0.1, 0.15) is 44.5 Å². The molecule has 3 heterocycles. The zero-order chi connectivity index (χ0) is 17.7. The molecule has 2 saturated heterocycles. The maximum Gasteiger partial charge on any atom is 0.496 e. The van der Waals surface area contributed by atoms with Crippen LogP contribution in [0.4, 0.5) is 10.2 Å². The third-order valence-corrected chi connectivity index (χ3v) is 5.11. The Balaban J connectivity index is 1.92. The lowest BCUT2D eigenvalue weighted by molar-refractivity contribution is 0.00578. The maximum absolute atomic E-state index is 13.5. The van der Waals surface area contributed by atoms with Crippen molar-refractivity contribution in [2.75, 3.05) is 18.0 Å². The zero-order valence-electron chi connectivity index (χ0n) is 14.5. The van der Waals surface area contributed by atoms with E-state index in [1.54, 1.807) is 17.2 Å². The summed E-state index contributed by atoms with van der Waals surface area (Å²) in [6.45, 7) is 8.56. The summed E-state index contributed by atoms with van der Waals surface area (Å²) >= 11 is 0. The Morgan fingerprint density at radius 3 is 2.50 bits per heavy atom. The number of nitrogens with zero attached hydrogens (tertiary/aromatic N) is 2. The number of hydrogen-bond donors (Lipinski definition) is 1. The van der Waals surface area contributed by atoms with E-state index in [2.05, 4.69) is 4.98 Å². The molecule has 2 N–H and O–H groups in total. The second-order valence-electron chi connectivity index (χ2n) is 7.42. The molecule has 0 aliphatic carbocycles. The fourth-order valence-corrected chi connectivity index (χ4v) is 2.93. The molecule has 0 aromatic carbocycles. The van der Waals surface area contributed by atoms with Gasteiger partial charge >= 0.3 is 7.12 Å². The number of primary amides is 1. The number of aromatic nitrogens is 1. The molecule has 1 atom stereocenters. The van der Waals surface area contributed by atoms with Crippen molar-refractivity contribution in [1.29, 1.82) is 0 Å². The molecule has 8 heteroatoms. The molecule has 130 valence electrons. The van der Waals surface area contributed by atoms with E-state index in [4.69, 9.17) is 15.0 Å². The first-order chi connectivity index (χ1) is 11.1. The lowest BCUT2D eigenvalue weighted by Gasteiger charge is -2.32. The van der Waals surface area contributed by atoms with Crippen molar-refractivity contribution < 1.29 is 18.5 Å². The quantitative estimate of drug-likeness (QED) is 0.835. The van der Waals surface area contributed by atoms with Gasteiger partial charge in [-0.3, -0.25) is 4.79 Å². The number of alkyl halides is 1. The van der Waals surface area contributed by atoms with Crippen LogP contribution in [-0.2, 0) is 9.31 Å². The van der Waals surface area contributed by atoms with Crippen molar-refractivity contribution in [3.8, 4) is 0 Å². The molecule has 0 bridgehead atoms. The van der Waals surface area contributed by atoms with Crippen LogP contribution in [0, 0.1) is 0 Å². The van der Waals surface area contributed by atoms with Crippen molar-refractivity contribution in [3.63, 3.8) is 0 Å². The van der Waals surface area contributed by atoms with E-state index in [1.807, 2.05) is 27.7 Å². The van der Waals surface area contributed by atoms with Gasteiger partial charge in [-0.15, -0.1) is 0 Å². The van der Waals surface area contributed by atoms with Crippen molar-refractivity contribution in [3.05, 3.63) is 17.8 Å². The van der Waals surface area contributed by atoms with Crippen molar-refractivity contribution in [2.45, 2.75) is 51.5 Å². The first-order valence-corrected chi connectivity index (χ1v) is 8.15. The summed E-state index contributed by atoms with van der Waals surface area (Å²) in [6, 6.07) is 1.64. The van der Waals surface area contributed by atoms with Crippen molar-refractivity contribution in [1.82, 2.24) is 4.98 Å². The second-order valence-corrected chi connectivity index (χ2v) is 7.42. The topological polar surface area (TPSA) is 77.7 Å². The first kappa shape index (κ1) is 17.2. The average Bonchev–Trinajstić information content (AvgIpc) is 2.99. The highest BCUT2D eigenvalue weighted by molar-refractivity contribution is 6.62. The van der Waals surface area contributed by atoms with E-state index in [0.717, 1.165) is 0 Å². The van der Waals surface area contributed by atoms with Gasteiger partial charge in [-0.2, -0.15) is 0 Å². The van der Waals surface area contributed by atoms with E-state index >= 15 is 0 Å². The number of rotatable bonds is 3. The Labute approximate surface area is 141 Å². The summed E-state index contributed by atoms with van der Waals surface area (Å²) in [7, 11) is -0.623. The third-order valence-electron chi connectivity index (χ3n) is 5.11. The van der Waals surface area contributed by atoms with Gasteiger partial charge in [0.1, 0.15) is 12.0 Å². The number of carbonyl (C=O) groups excluding carboxylic acids is 1. The molecule has 24 heavy (non-hydrogen) atoms. The molecule has 1 aromatic heterocycles. The fraction of sp³-hybridized carbons (Fsp3) is 0.625. The molecule has 0 radical (unpaired) electrons. The fourth-order valence-electron chi connectivity index (χ4n) is 2.93. The summed E-state index contributed by atoms with van der Waals surface area (Å²) in [4.78, 5) is 18.0. The van der Waals surface area contributed by atoms with E-state index in [0.29, 0.717) is 24.2 Å². The van der Waals surface area contributed by atoms with Gasteiger partial charge in [-0.05, 0) is 40.2 Å². The number of amides is 1. The highest BCUT2D eigenvalue weighted by Crippen LogP contribution is 2.36. The smallest absolute Gasteiger partial charge is 0.399 e. The average molecular weight is 335 g/mol. The van der Waals surface area contributed by atoms with Gasteiger partial charge in [0.25, 0.3) is 5.91 Å². The Morgan fingerprint density at radius 1 is 1.38 bits per heavy atom. The van der Waals surface area contributed by atoms with Gasteiger partial charge in [-0.25, -0.2) is 9.37 Å². The van der Waals surface area contributed by atoms with E-state index in [1.165, 1.54) is 0 Å². The Bertz CT molecular complexity index is 652. The molecule has 1 amide bonds. The van der Waals surface area contributed by atoms with Crippen LogP contribution in [0.15, 0.2) is 12.3 Å². The second kappa shape index (κ2) is 5.70. The zero-order valence-corrected chi connectivity index (χ0v) is 14.5. The van der Waals surface area contributed by atoms with Gasteiger partial charge in [0.05, 0.1) is 23.3 Å². The predicted octanol–water partition coefficient (Wildman–Crippen LogP) is 1.03. The summed E-state index contributed by atoms with van der Waals surface area (Å²) in [5, 5.41) is 0. The lowest BCUT2D eigenvalue weighted by Crippen LogP contribution is -2.41. The molecule has 2 aliphatic rings. The van der Waals surface area contributed by atoms with Gasteiger partial charge in [0, 0.05) is 18.2 Å². The molecule has 6 nitrogen and oxygen atoms in total. The van der Waals surface area contributed by atoms with Gasteiger partial charge in [0.2, 0.25) is 0 Å². The normalized spacial score (nSPS) is 25.3. The minimum Gasteiger partial charge on any atom is -0.399 e. The highest BCUT2D eigenvalue weighted by atomic mass is 19.1. The van der Waals surface area contributed by atoms with Crippen molar-refractivity contribution in [2.24, 2.45) is 5.73 Å². The SMILES string of the molecule is CC1(C)OB(c2cnc(N3CCC(F)C3)c(C(N)=O)c2)OC1(C)C. The Kier molecular flexibility index (Phi) is 4.08. The highest BCUT2D eigenvalue weighted by Gasteiger charge is 2.52. The van der Waals surface area contributed by atoms with E-state index in [-0.39, 0.29) is 12.1 Å². The number of anilines is 1. The molecular weight excluding hydrogens is 312 g/mol. The summed E-state index contributed by atoms with van der Waals surface area (Å²) < 4.78 is 25.4. The van der Waals surface area contributed by atoms with Crippen LogP contribution in [0.25, 0.3) is 0 Å². The number of nitrogens with two attached hydrogens (primary N) is 1. The monoisotopic (exact) mass is 335 g/mol. The molecule has 1 aromatic rings. The van der Waals surface area contributed by atoms with Gasteiger partial charge < -0.3 is 19.9 Å². The van der Waals surface area contributed by atoms with Crippen LogP contribution >= 0.6 is 0 Å². The maximum atomic E-state index is 13.5. The van der Waals surface area contributed by atoms with Crippen LogP contribution in [0.2, 0.25) is 0 Å². The van der Waals surface area contributed by atoms with Gasteiger partial charge in [-0.1, -0.05) is 0 Å². The molecule has 2 fully saturated rings. The minimum absolute atomic E-state index is 0.225. The third kappa shape index (κ3) is 2.88. The molecule has 2 aliphatic heterocycles. The molecular formula is C16H23BFN3O3. The number of halogens is 1. The van der Waals surface area contributed by atoms with Crippen LogP contribution in [0.3, 0.4) is 0 Å². The number of carbonyl (C=O) groups is 1. The van der Waals surface area contributed by atoms with Gasteiger partial charge in [0.15, 0.2) is 0 Å². The van der Waals surface area contributed by atoms with E-state index < -0.39 is 30.4 Å². The Morgan fingerprint density at radius 2 is 2.00 bits per heavy atom.